The monoisotopic (exact) mass is 669 g/mol. The number of carbonyl (C=O) groups is 2. The summed E-state index contributed by atoms with van der Waals surface area (Å²) in [6.07, 6.45) is 15.3. The van der Waals surface area contributed by atoms with Gasteiger partial charge in [-0.15, -0.1) is 0 Å². The first-order valence-electron chi connectivity index (χ1n) is 16.5. The van der Waals surface area contributed by atoms with Crippen LogP contribution in [0.2, 0.25) is 0 Å². The Kier molecular flexibility index (Phi) is 13.0. The van der Waals surface area contributed by atoms with Crippen LogP contribution in [0.4, 0.5) is 0 Å². The molecule has 2 aromatic carbocycles. The average molecular weight is 670 g/mol. The van der Waals surface area contributed by atoms with Crippen molar-refractivity contribution in [2.24, 2.45) is 35.5 Å². The first-order valence-corrected chi connectivity index (χ1v) is 18.7. The molecule has 250 valence electrons. The highest BCUT2D eigenvalue weighted by molar-refractivity contribution is 7.78. The molecule has 0 saturated heterocycles. The molecule has 4 aliphatic carbocycles. The van der Waals surface area contributed by atoms with Crippen LogP contribution in [-0.4, -0.2) is 32.8 Å². The van der Waals surface area contributed by atoms with Gasteiger partial charge >= 0.3 is 0 Å². The van der Waals surface area contributed by atoms with Gasteiger partial charge in [0.25, 0.3) is 22.5 Å². The van der Waals surface area contributed by atoms with Gasteiger partial charge in [-0.2, -0.15) is 8.42 Å². The Hall–Kier alpha value is -2.86. The number of aliphatic carboxylic acids is 1. The third kappa shape index (κ3) is 9.59. The van der Waals surface area contributed by atoms with Gasteiger partial charge in [0.15, 0.2) is 0 Å². The molecule has 0 aromatic heterocycles. The van der Waals surface area contributed by atoms with E-state index in [2.05, 4.69) is 21.6 Å². The fourth-order valence-corrected chi connectivity index (χ4v) is 9.96. The van der Waals surface area contributed by atoms with Crippen molar-refractivity contribution in [3.63, 3.8) is 0 Å². The highest BCUT2D eigenvalue weighted by atomic mass is 32.2. The Morgan fingerprint density at radius 2 is 1.22 bits per heavy atom. The van der Waals surface area contributed by atoms with E-state index in [0.29, 0.717) is 59.8 Å². The molecule has 9 nitrogen and oxygen atoms in total. The molecular formula is C35H45N2O7S2-. The van der Waals surface area contributed by atoms with Crippen LogP contribution in [0.3, 0.4) is 0 Å². The summed E-state index contributed by atoms with van der Waals surface area (Å²) < 4.78 is 41.6. The standard InChI is InChI=1S/C20H27NO4S.C15H19NO3S/c22-19(23)11-7-2-1-6-10-18-15-12-13-16(14-15)20(18)21-26(24)25-17-8-4-3-5-9-17;17-9-8-14-11-6-7-12(10-11)15(14)16-20(18)19-13-4-2-1-3-5-13/h1,3-6,8-9,15-16,18,20-21H,2,7,10-14H2,(H,22,23);1-5,9,11-12,14-16H,6-8,10H2/p-1/b6-1-;/t15-,16+,18+,20?,26?;11-,12+,14+,15?,20?/m11/s1. The van der Waals surface area contributed by atoms with Crippen molar-refractivity contribution in [3.05, 3.63) is 72.8 Å². The van der Waals surface area contributed by atoms with Crippen LogP contribution in [0, 0.1) is 35.5 Å². The Morgan fingerprint density at radius 1 is 0.739 bits per heavy atom. The van der Waals surface area contributed by atoms with Gasteiger partial charge in [-0.1, -0.05) is 48.6 Å². The number of fused-ring (bicyclic) bond motifs is 4. The molecule has 4 fully saturated rings. The summed E-state index contributed by atoms with van der Waals surface area (Å²) >= 11 is -3.10. The zero-order valence-corrected chi connectivity index (χ0v) is 27.7. The second-order valence-corrected chi connectivity index (χ2v) is 14.7. The Morgan fingerprint density at radius 3 is 1.70 bits per heavy atom. The van der Waals surface area contributed by atoms with Crippen LogP contribution in [0.15, 0.2) is 72.8 Å². The first kappa shape index (κ1) is 34.5. The van der Waals surface area contributed by atoms with E-state index in [1.165, 1.54) is 32.1 Å². The second kappa shape index (κ2) is 17.3. The SMILES string of the molecule is O=C([O-])CCC/C=C\C[C@@H]1C(NS(=O)Oc2ccccc2)[C@H]2CC[C@@H]1C2.O=CC[C@@H]1C(NS(=O)Oc2ccccc2)[C@H]2CC[C@@H]1C2. The number of carboxylic acids is 1. The fraction of sp³-hybridized carbons (Fsp3) is 0.543. The maximum Gasteiger partial charge on any atom is 0.288 e. The second-order valence-electron chi connectivity index (χ2n) is 12.9. The van der Waals surface area contributed by atoms with E-state index in [9.17, 15) is 23.1 Å². The van der Waals surface area contributed by atoms with Crippen LogP contribution in [0.1, 0.15) is 70.6 Å². The topological polar surface area (TPSA) is 134 Å². The van der Waals surface area contributed by atoms with Crippen molar-refractivity contribution in [2.75, 3.05) is 0 Å². The predicted molar refractivity (Wildman–Crippen MR) is 176 cm³/mol. The lowest BCUT2D eigenvalue weighted by Gasteiger charge is -2.30. The van der Waals surface area contributed by atoms with Crippen molar-refractivity contribution < 1.29 is 31.5 Å². The molecule has 4 bridgehead atoms. The molecular weight excluding hydrogens is 625 g/mol. The van der Waals surface area contributed by atoms with Crippen LogP contribution in [0.25, 0.3) is 0 Å². The third-order valence-electron chi connectivity index (χ3n) is 10.2. The van der Waals surface area contributed by atoms with Crippen LogP contribution in [-0.2, 0) is 32.1 Å². The average Bonchev–Trinajstić information content (AvgIpc) is 3.84. The molecule has 11 heteroatoms. The van der Waals surface area contributed by atoms with Crippen LogP contribution >= 0.6 is 0 Å². The van der Waals surface area contributed by atoms with Gasteiger partial charge < -0.3 is 23.1 Å². The highest BCUT2D eigenvalue weighted by Gasteiger charge is 2.48. The van der Waals surface area contributed by atoms with E-state index in [0.717, 1.165) is 25.5 Å². The normalized spacial score (nSPS) is 30.4. The van der Waals surface area contributed by atoms with Crippen LogP contribution < -0.4 is 22.9 Å². The number of hydrogen-bond donors (Lipinski definition) is 2. The van der Waals surface area contributed by atoms with Crippen molar-refractivity contribution in [2.45, 2.75) is 82.7 Å². The molecule has 0 spiro atoms. The lowest BCUT2D eigenvalue weighted by atomic mass is 9.83. The number of unbranched alkanes of at least 4 members (excludes halogenated alkanes) is 1. The van der Waals surface area contributed by atoms with Gasteiger partial charge in [-0.25, -0.2) is 9.44 Å². The van der Waals surface area contributed by atoms with Gasteiger partial charge in [0, 0.05) is 24.5 Å². The van der Waals surface area contributed by atoms with E-state index in [4.69, 9.17) is 8.37 Å². The van der Waals surface area contributed by atoms with E-state index < -0.39 is 28.5 Å². The molecule has 4 saturated carbocycles. The number of hydrogen-bond acceptors (Lipinski definition) is 7. The number of benzene rings is 2. The van der Waals surface area contributed by atoms with E-state index in [-0.39, 0.29) is 18.5 Å². The molecule has 0 radical (unpaired) electrons. The summed E-state index contributed by atoms with van der Waals surface area (Å²) in [5, 5.41) is 10.4. The maximum atomic E-state index is 12.4. The minimum absolute atomic E-state index is 0.110. The Balaban J connectivity index is 0.000000187. The highest BCUT2D eigenvalue weighted by Crippen LogP contribution is 2.50. The first-order chi connectivity index (χ1) is 22.4. The zero-order valence-electron chi connectivity index (χ0n) is 26.1. The van der Waals surface area contributed by atoms with Gasteiger partial charge in [0.2, 0.25) is 0 Å². The molecule has 10 atom stereocenters. The summed E-state index contributed by atoms with van der Waals surface area (Å²) in [6, 6.07) is 18.7. The molecule has 46 heavy (non-hydrogen) atoms. The summed E-state index contributed by atoms with van der Waals surface area (Å²) in [7, 11) is 0. The van der Waals surface area contributed by atoms with E-state index in [1.807, 2.05) is 36.4 Å². The number of rotatable bonds is 16. The minimum atomic E-state index is -1.55. The summed E-state index contributed by atoms with van der Waals surface area (Å²) in [6.45, 7) is 0. The molecule has 4 aliphatic rings. The number of aldehydes is 1. The fourth-order valence-electron chi connectivity index (χ4n) is 8.11. The van der Waals surface area contributed by atoms with Crippen molar-refractivity contribution in [3.8, 4) is 11.5 Å². The molecule has 0 heterocycles. The van der Waals surface area contributed by atoms with Crippen molar-refractivity contribution in [1.29, 1.82) is 0 Å². The third-order valence-corrected chi connectivity index (χ3v) is 11.8. The van der Waals surface area contributed by atoms with Crippen molar-refractivity contribution in [1.82, 2.24) is 9.44 Å². The lowest BCUT2D eigenvalue weighted by molar-refractivity contribution is -0.305. The quantitative estimate of drug-likeness (QED) is 0.150. The van der Waals surface area contributed by atoms with Crippen LogP contribution in [0.5, 0.6) is 11.5 Å². The number of carbonyl (C=O) groups excluding carboxylic acids is 2. The minimum Gasteiger partial charge on any atom is -0.550 e. The zero-order chi connectivity index (χ0) is 32.3. The van der Waals surface area contributed by atoms with Gasteiger partial charge in [-0.05, 0) is 124 Å². The number of nitrogens with one attached hydrogen (secondary N) is 2. The van der Waals surface area contributed by atoms with Gasteiger partial charge in [-0.3, -0.25) is 0 Å². The molecule has 0 aliphatic heterocycles. The smallest absolute Gasteiger partial charge is 0.288 e. The molecule has 0 amide bonds. The Labute approximate surface area is 277 Å². The molecule has 2 aromatic rings. The number of carboxylic acid groups (broad SMARTS) is 1. The summed E-state index contributed by atoms with van der Waals surface area (Å²) in [5.74, 6) is 3.38. The molecule has 6 rings (SSSR count). The predicted octanol–water partition coefficient (Wildman–Crippen LogP) is 4.75. The van der Waals surface area contributed by atoms with E-state index >= 15 is 0 Å². The van der Waals surface area contributed by atoms with E-state index in [1.54, 1.807) is 24.3 Å². The Bertz CT molecular complexity index is 1340. The number of allylic oxidation sites excluding steroid dienone is 2. The maximum absolute atomic E-state index is 12.4. The van der Waals surface area contributed by atoms with Gasteiger partial charge in [0.1, 0.15) is 17.8 Å². The molecule has 2 N–H and O–H groups in total. The summed E-state index contributed by atoms with van der Waals surface area (Å²) in [5.41, 5.74) is 0. The van der Waals surface area contributed by atoms with Crippen molar-refractivity contribution >= 4 is 34.8 Å². The lowest BCUT2D eigenvalue weighted by Crippen LogP contribution is -2.43. The largest absolute Gasteiger partial charge is 0.550 e. The molecule has 4 unspecified atom stereocenters. The number of para-hydroxylation sites is 2. The summed E-state index contributed by atoms with van der Waals surface area (Å²) in [4.78, 5) is 21.2. The van der Waals surface area contributed by atoms with Gasteiger partial charge in [0.05, 0.1) is 0 Å².